The number of rotatable bonds is 3. The molecular weight excluding hydrogens is 306 g/mol. The van der Waals surface area contributed by atoms with Gasteiger partial charge in [-0.2, -0.15) is 0 Å². The van der Waals surface area contributed by atoms with Crippen LogP contribution in [0.5, 0.6) is 5.75 Å². The van der Waals surface area contributed by atoms with Crippen LogP contribution in [0.25, 0.3) is 0 Å². The molecule has 1 aromatic rings. The molecule has 2 heterocycles. The van der Waals surface area contributed by atoms with Gasteiger partial charge in [-0.15, -0.1) is 0 Å². The zero-order valence-electron chi connectivity index (χ0n) is 14.4. The van der Waals surface area contributed by atoms with E-state index in [4.69, 9.17) is 4.74 Å². The highest BCUT2D eigenvalue weighted by atomic mass is 16.5. The van der Waals surface area contributed by atoms with E-state index in [1.54, 1.807) is 16.9 Å². The first kappa shape index (κ1) is 16.8. The summed E-state index contributed by atoms with van der Waals surface area (Å²) in [5.74, 6) is 0.709. The topological polar surface area (TPSA) is 53.1 Å². The number of para-hydroxylation sites is 2. The molecule has 6 heteroatoms. The predicted octanol–water partition coefficient (Wildman–Crippen LogP) is 1.35. The van der Waals surface area contributed by atoms with Crippen LogP contribution >= 0.6 is 0 Å². The summed E-state index contributed by atoms with van der Waals surface area (Å²) in [6.45, 7) is 2.15. The number of ether oxygens (including phenoxy) is 1. The second kappa shape index (κ2) is 7.21. The summed E-state index contributed by atoms with van der Waals surface area (Å²) in [6.07, 6.45) is 3.10. The third kappa shape index (κ3) is 3.24. The molecule has 3 rings (SSSR count). The Labute approximate surface area is 143 Å². The van der Waals surface area contributed by atoms with Crippen LogP contribution in [0, 0.1) is 0 Å². The van der Waals surface area contributed by atoms with E-state index in [-0.39, 0.29) is 24.4 Å². The Morgan fingerprint density at radius 3 is 2.67 bits per heavy atom. The number of methoxy groups -OCH3 is 1. The Hall–Kier alpha value is -2.08. The van der Waals surface area contributed by atoms with Crippen LogP contribution in [0.3, 0.4) is 0 Å². The summed E-state index contributed by atoms with van der Waals surface area (Å²) >= 11 is 0. The first-order valence-electron chi connectivity index (χ1n) is 8.54. The van der Waals surface area contributed by atoms with E-state index < -0.39 is 0 Å². The number of carbonyl (C=O) groups excluding carboxylic acids is 2. The minimum absolute atomic E-state index is 0.0578. The molecule has 0 N–H and O–H groups in total. The number of likely N-dealkylation sites (tertiary alicyclic amines) is 1. The average molecular weight is 331 g/mol. The molecule has 2 aliphatic heterocycles. The van der Waals surface area contributed by atoms with E-state index in [0.717, 1.165) is 31.5 Å². The Kier molecular flexibility index (Phi) is 5.04. The number of anilines is 1. The fourth-order valence-corrected chi connectivity index (χ4v) is 3.57. The van der Waals surface area contributed by atoms with E-state index in [1.807, 2.05) is 31.3 Å². The van der Waals surface area contributed by atoms with Gasteiger partial charge in [-0.1, -0.05) is 18.6 Å². The third-order valence-corrected chi connectivity index (χ3v) is 4.96. The van der Waals surface area contributed by atoms with Gasteiger partial charge in [0.05, 0.1) is 18.8 Å². The van der Waals surface area contributed by atoms with Crippen molar-refractivity contribution in [1.29, 1.82) is 0 Å². The highest BCUT2D eigenvalue weighted by molar-refractivity contribution is 5.99. The van der Waals surface area contributed by atoms with Crippen LogP contribution < -0.4 is 9.64 Å². The first-order valence-corrected chi connectivity index (χ1v) is 8.54. The van der Waals surface area contributed by atoms with Crippen molar-refractivity contribution < 1.29 is 14.3 Å². The summed E-state index contributed by atoms with van der Waals surface area (Å²) in [6, 6.07) is 7.41. The van der Waals surface area contributed by atoms with Gasteiger partial charge in [0.25, 0.3) is 0 Å². The highest BCUT2D eigenvalue weighted by Crippen LogP contribution is 2.29. The van der Waals surface area contributed by atoms with Crippen LogP contribution in [0.15, 0.2) is 24.3 Å². The van der Waals surface area contributed by atoms with Crippen molar-refractivity contribution in [3.05, 3.63) is 24.3 Å². The number of carbonyl (C=O) groups is 2. The highest BCUT2D eigenvalue weighted by Gasteiger charge is 2.34. The summed E-state index contributed by atoms with van der Waals surface area (Å²) in [7, 11) is 3.59. The van der Waals surface area contributed by atoms with Crippen molar-refractivity contribution >= 4 is 17.5 Å². The zero-order valence-corrected chi connectivity index (χ0v) is 14.4. The fourth-order valence-electron chi connectivity index (χ4n) is 3.57. The van der Waals surface area contributed by atoms with Crippen LogP contribution in [-0.4, -0.2) is 68.0 Å². The summed E-state index contributed by atoms with van der Waals surface area (Å²) in [5.41, 5.74) is 0.770. The molecule has 2 fully saturated rings. The number of nitrogens with zero attached hydrogens (tertiary/aromatic N) is 3. The molecule has 24 heavy (non-hydrogen) atoms. The average Bonchev–Trinajstić information content (AvgIpc) is 2.61. The lowest BCUT2D eigenvalue weighted by Crippen LogP contribution is -2.57. The molecule has 0 radical (unpaired) electrons. The van der Waals surface area contributed by atoms with Crippen molar-refractivity contribution in [2.75, 3.05) is 45.2 Å². The van der Waals surface area contributed by atoms with Gasteiger partial charge in [-0.3, -0.25) is 14.5 Å². The fraction of sp³-hybridized carbons (Fsp3) is 0.556. The van der Waals surface area contributed by atoms with E-state index in [9.17, 15) is 9.59 Å². The number of amides is 2. The quantitative estimate of drug-likeness (QED) is 0.839. The summed E-state index contributed by atoms with van der Waals surface area (Å²) in [4.78, 5) is 30.9. The molecule has 0 aromatic heterocycles. The monoisotopic (exact) mass is 331 g/mol. The molecule has 0 bridgehead atoms. The van der Waals surface area contributed by atoms with Crippen molar-refractivity contribution in [3.8, 4) is 5.75 Å². The Balaban J connectivity index is 1.69. The molecule has 2 saturated heterocycles. The van der Waals surface area contributed by atoms with Gasteiger partial charge in [0, 0.05) is 13.1 Å². The number of hydrogen-bond acceptors (Lipinski definition) is 4. The molecule has 0 aliphatic carbocycles. The second-order valence-electron chi connectivity index (χ2n) is 6.47. The smallest absolute Gasteiger partial charge is 0.246 e. The van der Waals surface area contributed by atoms with Crippen molar-refractivity contribution in [3.63, 3.8) is 0 Å². The summed E-state index contributed by atoms with van der Waals surface area (Å²) in [5, 5.41) is 0. The maximum Gasteiger partial charge on any atom is 0.246 e. The molecular formula is C18H25N3O3. The van der Waals surface area contributed by atoms with Gasteiger partial charge in [-0.05, 0) is 38.6 Å². The van der Waals surface area contributed by atoms with E-state index in [2.05, 4.69) is 4.90 Å². The number of benzene rings is 1. The first-order chi connectivity index (χ1) is 11.6. The molecule has 1 atom stereocenters. The van der Waals surface area contributed by atoms with Crippen LogP contribution in [0.1, 0.15) is 19.3 Å². The van der Waals surface area contributed by atoms with E-state index >= 15 is 0 Å². The lowest BCUT2D eigenvalue weighted by molar-refractivity contribution is -0.142. The van der Waals surface area contributed by atoms with Crippen molar-refractivity contribution in [2.24, 2.45) is 0 Å². The lowest BCUT2D eigenvalue weighted by atomic mass is 10.0. The number of piperazine rings is 1. The number of hydrogen-bond donors (Lipinski definition) is 0. The van der Waals surface area contributed by atoms with E-state index in [0.29, 0.717) is 18.8 Å². The Morgan fingerprint density at radius 2 is 1.96 bits per heavy atom. The third-order valence-electron chi connectivity index (χ3n) is 4.96. The van der Waals surface area contributed by atoms with Crippen LogP contribution in [-0.2, 0) is 9.59 Å². The molecule has 6 nitrogen and oxygen atoms in total. The van der Waals surface area contributed by atoms with Gasteiger partial charge in [-0.25, -0.2) is 0 Å². The Bertz CT molecular complexity index is 619. The maximum absolute atomic E-state index is 12.8. The van der Waals surface area contributed by atoms with Gasteiger partial charge in [0.15, 0.2) is 0 Å². The minimum atomic E-state index is -0.0793. The largest absolute Gasteiger partial charge is 0.495 e. The normalized spacial score (nSPS) is 22.6. The maximum atomic E-state index is 12.8. The van der Waals surface area contributed by atoms with Gasteiger partial charge in [0.1, 0.15) is 12.3 Å². The van der Waals surface area contributed by atoms with Gasteiger partial charge < -0.3 is 14.5 Å². The SMILES string of the molecule is COc1ccccc1N1CCN(C(=O)[C@H]2CCCCN2C)CC1=O. The Morgan fingerprint density at radius 1 is 1.17 bits per heavy atom. The molecule has 1 aromatic carbocycles. The van der Waals surface area contributed by atoms with Crippen molar-refractivity contribution in [2.45, 2.75) is 25.3 Å². The molecule has 0 saturated carbocycles. The zero-order chi connectivity index (χ0) is 17.1. The second-order valence-corrected chi connectivity index (χ2v) is 6.47. The minimum Gasteiger partial charge on any atom is -0.495 e. The van der Waals surface area contributed by atoms with Crippen LogP contribution in [0.4, 0.5) is 5.69 Å². The van der Waals surface area contributed by atoms with Crippen LogP contribution in [0.2, 0.25) is 0 Å². The molecule has 2 amide bonds. The molecule has 130 valence electrons. The molecule has 2 aliphatic rings. The summed E-state index contributed by atoms with van der Waals surface area (Å²) < 4.78 is 5.35. The predicted molar refractivity (Wildman–Crippen MR) is 92.2 cm³/mol. The molecule has 0 spiro atoms. The van der Waals surface area contributed by atoms with Gasteiger partial charge in [0.2, 0.25) is 11.8 Å². The van der Waals surface area contributed by atoms with E-state index in [1.165, 1.54) is 0 Å². The lowest BCUT2D eigenvalue weighted by Gasteiger charge is -2.39. The van der Waals surface area contributed by atoms with Crippen molar-refractivity contribution in [1.82, 2.24) is 9.80 Å². The van der Waals surface area contributed by atoms with Gasteiger partial charge >= 0.3 is 0 Å². The molecule has 0 unspecified atom stereocenters. The number of likely N-dealkylation sites (N-methyl/N-ethyl adjacent to an activating group) is 1. The number of piperidine rings is 1. The standard InChI is InChI=1S/C18H25N3O3/c1-19-10-6-5-8-15(19)18(23)20-11-12-21(17(22)13-20)14-7-3-4-9-16(14)24-2/h3-4,7,9,15H,5-6,8,10-13H2,1-2H3/t15-/m1/s1.